The van der Waals surface area contributed by atoms with Crippen LogP contribution in [0.3, 0.4) is 0 Å². The monoisotopic (exact) mass is 255 g/mol. The van der Waals surface area contributed by atoms with Crippen LogP contribution in [-0.4, -0.2) is 39.5 Å². The van der Waals surface area contributed by atoms with E-state index in [4.69, 9.17) is 9.47 Å². The van der Waals surface area contributed by atoms with E-state index in [-0.39, 0.29) is 0 Å². The molecule has 0 aliphatic carbocycles. The van der Waals surface area contributed by atoms with E-state index in [1.807, 2.05) is 0 Å². The molecule has 1 rings (SSSR count). The Hall–Kier alpha value is -0.380. The Labute approximate surface area is 112 Å². The minimum atomic E-state index is 0.550. The Kier molecular flexibility index (Phi) is 9.17. The third-order valence-corrected chi connectivity index (χ3v) is 3.42. The van der Waals surface area contributed by atoms with Crippen LogP contribution in [0, 0.1) is 0 Å². The molecular weight excluding hydrogens is 226 g/mol. The van der Waals surface area contributed by atoms with Gasteiger partial charge in [-0.15, -0.1) is 0 Å². The molecule has 0 aromatic carbocycles. The third-order valence-electron chi connectivity index (χ3n) is 3.42. The lowest BCUT2D eigenvalue weighted by Gasteiger charge is -2.08. The van der Waals surface area contributed by atoms with Gasteiger partial charge in [-0.2, -0.15) is 0 Å². The summed E-state index contributed by atoms with van der Waals surface area (Å²) < 4.78 is 10.6. The Morgan fingerprint density at radius 1 is 1.44 bits per heavy atom. The average Bonchev–Trinajstić information content (AvgIpc) is 2.87. The Morgan fingerprint density at radius 3 is 3.06 bits per heavy atom. The molecule has 0 amide bonds. The van der Waals surface area contributed by atoms with Crippen molar-refractivity contribution in [2.75, 3.05) is 33.4 Å². The number of ether oxygens (including phenoxy) is 2. The van der Waals surface area contributed by atoms with Crippen LogP contribution in [-0.2, 0) is 9.47 Å². The van der Waals surface area contributed by atoms with Gasteiger partial charge in [-0.05, 0) is 52.0 Å². The summed E-state index contributed by atoms with van der Waals surface area (Å²) in [5.74, 6) is 0. The van der Waals surface area contributed by atoms with Gasteiger partial charge in [0.2, 0.25) is 0 Å². The van der Waals surface area contributed by atoms with Gasteiger partial charge in [0.1, 0.15) is 0 Å². The summed E-state index contributed by atoms with van der Waals surface area (Å²) in [5, 5.41) is 3.35. The second-order valence-electron chi connectivity index (χ2n) is 5.11. The summed E-state index contributed by atoms with van der Waals surface area (Å²) >= 11 is 0. The van der Waals surface area contributed by atoms with Gasteiger partial charge >= 0.3 is 0 Å². The first kappa shape index (κ1) is 15.7. The van der Waals surface area contributed by atoms with Gasteiger partial charge in [0.05, 0.1) is 12.7 Å². The number of nitrogens with one attached hydrogen (secondary N) is 1. The van der Waals surface area contributed by atoms with E-state index in [1.54, 1.807) is 7.11 Å². The van der Waals surface area contributed by atoms with Gasteiger partial charge in [-0.1, -0.05) is 11.6 Å². The topological polar surface area (TPSA) is 30.5 Å². The summed E-state index contributed by atoms with van der Waals surface area (Å²) in [6.45, 7) is 6.01. The average molecular weight is 255 g/mol. The molecule has 0 bridgehead atoms. The van der Waals surface area contributed by atoms with Crippen molar-refractivity contribution in [2.24, 2.45) is 0 Å². The highest BCUT2D eigenvalue weighted by Gasteiger charge is 2.14. The molecule has 3 nitrogen and oxygen atoms in total. The highest BCUT2D eigenvalue weighted by atomic mass is 16.5. The highest BCUT2D eigenvalue weighted by Crippen LogP contribution is 2.19. The predicted molar refractivity (Wildman–Crippen MR) is 75.9 cm³/mol. The minimum Gasteiger partial charge on any atom is -0.383 e. The van der Waals surface area contributed by atoms with Crippen molar-refractivity contribution in [3.63, 3.8) is 0 Å². The lowest BCUT2D eigenvalue weighted by atomic mass is 10.0. The zero-order chi connectivity index (χ0) is 13.1. The second-order valence-corrected chi connectivity index (χ2v) is 5.11. The van der Waals surface area contributed by atoms with Gasteiger partial charge in [0, 0.05) is 20.3 Å². The maximum Gasteiger partial charge on any atom is 0.0587 e. The molecule has 1 unspecified atom stereocenters. The van der Waals surface area contributed by atoms with Gasteiger partial charge in [0.25, 0.3) is 0 Å². The van der Waals surface area contributed by atoms with Crippen molar-refractivity contribution >= 4 is 0 Å². The van der Waals surface area contributed by atoms with E-state index in [1.165, 1.54) is 37.7 Å². The normalized spacial score (nSPS) is 20.6. The lowest BCUT2D eigenvalue weighted by molar-refractivity contribution is 0.102. The first-order valence-electron chi connectivity index (χ1n) is 7.30. The molecule has 1 aliphatic heterocycles. The van der Waals surface area contributed by atoms with E-state index in [0.29, 0.717) is 6.10 Å². The van der Waals surface area contributed by atoms with Crippen LogP contribution < -0.4 is 5.32 Å². The number of allylic oxidation sites excluding steroid dienone is 1. The first-order valence-corrected chi connectivity index (χ1v) is 7.30. The molecular formula is C15H29NO2. The van der Waals surface area contributed by atoms with Crippen LogP contribution in [0.25, 0.3) is 0 Å². The molecule has 0 aromatic heterocycles. The van der Waals surface area contributed by atoms with Gasteiger partial charge < -0.3 is 14.8 Å². The van der Waals surface area contributed by atoms with E-state index in [0.717, 1.165) is 32.7 Å². The van der Waals surface area contributed by atoms with Gasteiger partial charge in [0.15, 0.2) is 0 Å². The number of rotatable bonds is 10. The van der Waals surface area contributed by atoms with Gasteiger partial charge in [-0.3, -0.25) is 0 Å². The molecule has 0 radical (unpaired) electrons. The predicted octanol–water partition coefficient (Wildman–Crippen LogP) is 2.91. The molecule has 1 aliphatic rings. The summed E-state index contributed by atoms with van der Waals surface area (Å²) in [7, 11) is 1.74. The Balaban J connectivity index is 1.92. The van der Waals surface area contributed by atoms with E-state index in [2.05, 4.69) is 18.3 Å². The summed E-state index contributed by atoms with van der Waals surface area (Å²) in [6.07, 6.45) is 10.3. The zero-order valence-corrected chi connectivity index (χ0v) is 12.0. The number of hydrogen-bond acceptors (Lipinski definition) is 3. The SMILES string of the molecule is COCCNCCC=C(C)CCCC1CCCO1. The number of hydrogen-bond donors (Lipinski definition) is 1. The maximum absolute atomic E-state index is 5.63. The molecule has 1 fully saturated rings. The van der Waals surface area contributed by atoms with Crippen molar-refractivity contribution in [3.05, 3.63) is 11.6 Å². The highest BCUT2D eigenvalue weighted by molar-refractivity contribution is 4.98. The Morgan fingerprint density at radius 2 is 2.33 bits per heavy atom. The molecule has 1 heterocycles. The Bertz CT molecular complexity index is 223. The molecule has 3 heteroatoms. The third kappa shape index (κ3) is 7.85. The quantitative estimate of drug-likeness (QED) is 0.481. The van der Waals surface area contributed by atoms with Crippen molar-refractivity contribution in [2.45, 2.75) is 51.6 Å². The molecule has 1 saturated heterocycles. The molecule has 0 saturated carbocycles. The fraction of sp³-hybridized carbons (Fsp3) is 0.867. The van der Waals surface area contributed by atoms with Gasteiger partial charge in [-0.25, -0.2) is 0 Å². The summed E-state index contributed by atoms with van der Waals surface area (Å²) in [4.78, 5) is 0. The molecule has 106 valence electrons. The minimum absolute atomic E-state index is 0.550. The van der Waals surface area contributed by atoms with Crippen molar-refractivity contribution in [3.8, 4) is 0 Å². The van der Waals surface area contributed by atoms with Crippen LogP contribution in [0.5, 0.6) is 0 Å². The van der Waals surface area contributed by atoms with Crippen LogP contribution >= 0.6 is 0 Å². The fourth-order valence-corrected chi connectivity index (χ4v) is 2.30. The summed E-state index contributed by atoms with van der Waals surface area (Å²) in [6, 6.07) is 0. The zero-order valence-electron chi connectivity index (χ0n) is 12.0. The summed E-state index contributed by atoms with van der Waals surface area (Å²) in [5.41, 5.74) is 1.52. The molecule has 1 N–H and O–H groups in total. The molecule has 18 heavy (non-hydrogen) atoms. The molecule has 0 aromatic rings. The van der Waals surface area contributed by atoms with E-state index in [9.17, 15) is 0 Å². The van der Waals surface area contributed by atoms with Crippen LogP contribution in [0.4, 0.5) is 0 Å². The van der Waals surface area contributed by atoms with Crippen LogP contribution in [0.15, 0.2) is 11.6 Å². The van der Waals surface area contributed by atoms with Crippen molar-refractivity contribution < 1.29 is 9.47 Å². The van der Waals surface area contributed by atoms with Crippen LogP contribution in [0.2, 0.25) is 0 Å². The van der Waals surface area contributed by atoms with Crippen molar-refractivity contribution in [1.82, 2.24) is 5.32 Å². The van der Waals surface area contributed by atoms with E-state index < -0.39 is 0 Å². The maximum atomic E-state index is 5.63. The second kappa shape index (κ2) is 10.5. The van der Waals surface area contributed by atoms with E-state index >= 15 is 0 Å². The molecule has 1 atom stereocenters. The standard InChI is InChI=1S/C15H29NO2/c1-14(7-4-10-16-11-13-17-2)6-3-8-15-9-5-12-18-15/h7,15-16H,3-6,8-13H2,1-2H3. The van der Waals surface area contributed by atoms with Crippen molar-refractivity contribution in [1.29, 1.82) is 0 Å². The fourth-order valence-electron chi connectivity index (χ4n) is 2.30. The number of methoxy groups -OCH3 is 1. The van der Waals surface area contributed by atoms with Crippen LogP contribution in [0.1, 0.15) is 45.4 Å². The largest absolute Gasteiger partial charge is 0.383 e. The lowest BCUT2D eigenvalue weighted by Crippen LogP contribution is -2.19. The first-order chi connectivity index (χ1) is 8.83. The smallest absolute Gasteiger partial charge is 0.0587 e. The molecule has 0 spiro atoms.